The topological polar surface area (TPSA) is 41.3 Å². The van der Waals surface area contributed by atoms with Gasteiger partial charge in [0.05, 0.1) is 0 Å². The van der Waals surface area contributed by atoms with Crippen molar-refractivity contribution in [1.29, 1.82) is 0 Å². The Kier molecular flexibility index (Phi) is 13.2. The molecule has 3 N–H and O–H groups in total. The highest BCUT2D eigenvalue weighted by atomic mass is 15.1. The molecule has 0 amide bonds. The summed E-state index contributed by atoms with van der Waals surface area (Å²) in [6.07, 6.45) is 11.3. The van der Waals surface area contributed by atoms with Crippen molar-refractivity contribution >= 4 is 0 Å². The van der Waals surface area contributed by atoms with Gasteiger partial charge >= 0.3 is 0 Å². The van der Waals surface area contributed by atoms with Crippen LogP contribution in [-0.2, 0) is 12.8 Å². The smallest absolute Gasteiger partial charge is 0.00733 e. The molecule has 0 aromatic heterocycles. The van der Waals surface area contributed by atoms with Crippen molar-refractivity contribution in [3.8, 4) is 0 Å². The average Bonchev–Trinajstić information content (AvgIpc) is 2.91. The van der Waals surface area contributed by atoms with E-state index in [-0.39, 0.29) is 0 Å². The maximum atomic E-state index is 5.73. The molecule has 3 rings (SSSR count). The quantitative estimate of drug-likeness (QED) is 0.235. The van der Waals surface area contributed by atoms with Gasteiger partial charge in [-0.15, -0.1) is 0 Å². The summed E-state index contributed by atoms with van der Waals surface area (Å²) < 4.78 is 0. The van der Waals surface area contributed by atoms with E-state index in [1.807, 2.05) is 0 Å². The summed E-state index contributed by atoms with van der Waals surface area (Å²) in [4.78, 5) is 2.65. The van der Waals surface area contributed by atoms with Gasteiger partial charge in [-0.25, -0.2) is 0 Å². The van der Waals surface area contributed by atoms with Crippen molar-refractivity contribution < 1.29 is 0 Å². The molecule has 206 valence electrons. The van der Waals surface area contributed by atoms with E-state index in [0.717, 1.165) is 38.3 Å². The predicted molar refractivity (Wildman–Crippen MR) is 162 cm³/mol. The maximum absolute atomic E-state index is 5.73. The fraction of sp³-hybridized carbons (Fsp3) is 0.647. The number of nitrogens with one attached hydrogen (secondary N) is 1. The molecule has 0 aliphatic carbocycles. The van der Waals surface area contributed by atoms with Crippen LogP contribution in [0, 0.1) is 5.92 Å². The molecule has 1 saturated heterocycles. The van der Waals surface area contributed by atoms with Crippen LogP contribution >= 0.6 is 0 Å². The second-order valence-corrected chi connectivity index (χ2v) is 12.1. The number of benzene rings is 2. The predicted octanol–water partition coefficient (Wildman–Crippen LogP) is 7.30. The van der Waals surface area contributed by atoms with Crippen molar-refractivity contribution in [2.75, 3.05) is 32.7 Å². The second kappa shape index (κ2) is 16.3. The van der Waals surface area contributed by atoms with Crippen LogP contribution in [0.3, 0.4) is 0 Å². The summed E-state index contributed by atoms with van der Waals surface area (Å²) in [5, 5.41) is 3.97. The molecule has 1 unspecified atom stereocenters. The molecule has 0 radical (unpaired) electrons. The monoisotopic (exact) mass is 505 g/mol. The highest BCUT2D eigenvalue weighted by molar-refractivity contribution is 5.26. The largest absolute Gasteiger partial charge is 0.330 e. The van der Waals surface area contributed by atoms with Gasteiger partial charge in [-0.2, -0.15) is 0 Å². The Morgan fingerprint density at radius 1 is 0.838 bits per heavy atom. The van der Waals surface area contributed by atoms with Gasteiger partial charge in [0, 0.05) is 12.6 Å². The number of hydrogen-bond donors (Lipinski definition) is 2. The zero-order valence-electron chi connectivity index (χ0n) is 24.4. The van der Waals surface area contributed by atoms with Crippen LogP contribution in [0.2, 0.25) is 0 Å². The molecular weight excluding hydrogens is 450 g/mol. The lowest BCUT2D eigenvalue weighted by atomic mass is 9.93. The molecular formula is C34H55N3. The van der Waals surface area contributed by atoms with Gasteiger partial charge in [0.2, 0.25) is 0 Å². The maximum Gasteiger partial charge on any atom is 0.00733 e. The van der Waals surface area contributed by atoms with Gasteiger partial charge in [0.25, 0.3) is 0 Å². The van der Waals surface area contributed by atoms with Crippen molar-refractivity contribution in [2.24, 2.45) is 11.7 Å². The van der Waals surface area contributed by atoms with E-state index < -0.39 is 0 Å². The van der Waals surface area contributed by atoms with Crippen LogP contribution in [0.15, 0.2) is 48.5 Å². The SMILES string of the molecule is CC(C)c1ccc(CCC(CCc2ccc(C(C)C)cc2)NCCCC2CCCN(CCCN)C2)cc1. The zero-order chi connectivity index (χ0) is 26.5. The van der Waals surface area contributed by atoms with Gasteiger partial charge < -0.3 is 16.0 Å². The summed E-state index contributed by atoms with van der Waals surface area (Å²) >= 11 is 0. The Labute approximate surface area is 228 Å². The first-order chi connectivity index (χ1) is 17.9. The lowest BCUT2D eigenvalue weighted by Crippen LogP contribution is -2.37. The summed E-state index contributed by atoms with van der Waals surface area (Å²) in [6, 6.07) is 19.2. The molecule has 1 fully saturated rings. The molecule has 1 aliphatic heterocycles. The number of nitrogens with two attached hydrogens (primary N) is 1. The van der Waals surface area contributed by atoms with E-state index in [1.54, 1.807) is 0 Å². The highest BCUT2D eigenvalue weighted by Crippen LogP contribution is 2.22. The molecule has 1 atom stereocenters. The van der Waals surface area contributed by atoms with E-state index in [2.05, 4.69) is 86.4 Å². The lowest BCUT2D eigenvalue weighted by molar-refractivity contribution is 0.166. The molecule has 2 aromatic rings. The Morgan fingerprint density at radius 2 is 1.41 bits per heavy atom. The molecule has 2 aromatic carbocycles. The first-order valence-electron chi connectivity index (χ1n) is 15.3. The summed E-state index contributed by atoms with van der Waals surface area (Å²) in [5.41, 5.74) is 11.5. The first-order valence-corrected chi connectivity index (χ1v) is 15.3. The van der Waals surface area contributed by atoms with E-state index in [9.17, 15) is 0 Å². The van der Waals surface area contributed by atoms with Crippen LogP contribution in [0.25, 0.3) is 0 Å². The minimum Gasteiger partial charge on any atom is -0.330 e. The lowest BCUT2D eigenvalue weighted by Gasteiger charge is -2.32. The van der Waals surface area contributed by atoms with Crippen LogP contribution < -0.4 is 11.1 Å². The summed E-state index contributed by atoms with van der Waals surface area (Å²) in [6.45, 7) is 14.8. The van der Waals surface area contributed by atoms with Crippen LogP contribution in [-0.4, -0.2) is 43.7 Å². The fourth-order valence-corrected chi connectivity index (χ4v) is 5.77. The summed E-state index contributed by atoms with van der Waals surface area (Å²) in [7, 11) is 0. The first kappa shape index (κ1) is 29.9. The molecule has 3 nitrogen and oxygen atoms in total. The Bertz CT molecular complexity index is 800. The molecule has 0 spiro atoms. The normalized spacial score (nSPS) is 16.8. The third-order valence-electron chi connectivity index (χ3n) is 8.36. The number of likely N-dealkylation sites (tertiary alicyclic amines) is 1. The van der Waals surface area contributed by atoms with E-state index >= 15 is 0 Å². The van der Waals surface area contributed by atoms with Crippen LogP contribution in [0.4, 0.5) is 0 Å². The number of nitrogens with zero attached hydrogens (tertiary/aromatic N) is 1. The van der Waals surface area contributed by atoms with E-state index in [1.165, 1.54) is 80.4 Å². The van der Waals surface area contributed by atoms with Gasteiger partial charge in [-0.1, -0.05) is 76.2 Å². The van der Waals surface area contributed by atoms with Crippen molar-refractivity contribution in [2.45, 2.75) is 103 Å². The number of rotatable bonds is 16. The molecule has 37 heavy (non-hydrogen) atoms. The Balaban J connectivity index is 1.48. The standard InChI is InChI=1S/C34H55N3/c1-27(2)32-16-10-29(11-17-32)14-20-34(21-15-30-12-18-33(19-13-30)28(3)4)36-23-5-8-31-9-6-24-37(26-31)25-7-22-35/h10-13,16-19,27-28,31,34,36H,5-9,14-15,20-26,35H2,1-4H3. The minimum atomic E-state index is 0.571. The third kappa shape index (κ3) is 10.9. The van der Waals surface area contributed by atoms with Gasteiger partial charge in [-0.3, -0.25) is 0 Å². The van der Waals surface area contributed by atoms with Crippen LogP contribution in [0.1, 0.15) is 107 Å². The van der Waals surface area contributed by atoms with Gasteiger partial charge in [-0.05, 0) is 124 Å². The summed E-state index contributed by atoms with van der Waals surface area (Å²) in [5.74, 6) is 2.07. The number of aryl methyl sites for hydroxylation is 2. The third-order valence-corrected chi connectivity index (χ3v) is 8.36. The van der Waals surface area contributed by atoms with Gasteiger partial charge in [0.1, 0.15) is 0 Å². The van der Waals surface area contributed by atoms with Crippen molar-refractivity contribution in [3.05, 3.63) is 70.8 Å². The Hall–Kier alpha value is -1.68. The molecule has 0 bridgehead atoms. The van der Waals surface area contributed by atoms with Crippen LogP contribution in [0.5, 0.6) is 0 Å². The Morgan fingerprint density at radius 3 is 1.92 bits per heavy atom. The second-order valence-electron chi connectivity index (χ2n) is 12.1. The minimum absolute atomic E-state index is 0.571. The number of piperidine rings is 1. The molecule has 3 heteroatoms. The van der Waals surface area contributed by atoms with Crippen molar-refractivity contribution in [3.63, 3.8) is 0 Å². The van der Waals surface area contributed by atoms with Crippen molar-refractivity contribution in [1.82, 2.24) is 10.2 Å². The zero-order valence-corrected chi connectivity index (χ0v) is 24.4. The van der Waals surface area contributed by atoms with Gasteiger partial charge in [0.15, 0.2) is 0 Å². The van der Waals surface area contributed by atoms with E-state index in [0.29, 0.717) is 17.9 Å². The average molecular weight is 506 g/mol. The molecule has 0 saturated carbocycles. The molecule has 1 heterocycles. The fourth-order valence-electron chi connectivity index (χ4n) is 5.77. The molecule has 1 aliphatic rings. The van der Waals surface area contributed by atoms with E-state index in [4.69, 9.17) is 5.73 Å². The highest BCUT2D eigenvalue weighted by Gasteiger charge is 2.19. The number of hydrogen-bond acceptors (Lipinski definition) is 3.